The van der Waals surface area contributed by atoms with Gasteiger partial charge in [0.2, 0.25) is 10.0 Å². The van der Waals surface area contributed by atoms with Crippen LogP contribution >= 0.6 is 0 Å². The van der Waals surface area contributed by atoms with Crippen molar-refractivity contribution in [2.45, 2.75) is 31.1 Å². The van der Waals surface area contributed by atoms with Gasteiger partial charge in [0.1, 0.15) is 5.75 Å². The van der Waals surface area contributed by atoms with Crippen LogP contribution in [0.15, 0.2) is 53.4 Å². The average Bonchev–Trinajstić information content (AvgIpc) is 2.74. The molecule has 29 heavy (non-hydrogen) atoms. The summed E-state index contributed by atoms with van der Waals surface area (Å²) in [5.74, 6) is 1.13. The molecule has 1 aliphatic rings. The van der Waals surface area contributed by atoms with E-state index in [4.69, 9.17) is 4.74 Å². The molecule has 0 radical (unpaired) electrons. The second kappa shape index (κ2) is 9.41. The van der Waals surface area contributed by atoms with Gasteiger partial charge in [0.25, 0.3) is 5.91 Å². The maximum absolute atomic E-state index is 12.8. The average molecular weight is 417 g/mol. The highest BCUT2D eigenvalue weighted by Gasteiger charge is 2.28. The van der Waals surface area contributed by atoms with Crippen molar-refractivity contribution in [3.05, 3.63) is 59.7 Å². The SMILES string of the molecule is COc1ccccc1CCNC(=O)c1ccc(S(=O)(=O)N2CCC(C)CC2)cc1. The molecular formula is C22H28N2O4S. The van der Waals surface area contributed by atoms with E-state index in [0.29, 0.717) is 37.5 Å². The van der Waals surface area contributed by atoms with E-state index in [-0.39, 0.29) is 10.8 Å². The van der Waals surface area contributed by atoms with Gasteiger partial charge in [-0.15, -0.1) is 0 Å². The molecule has 0 bridgehead atoms. The summed E-state index contributed by atoms with van der Waals surface area (Å²) in [4.78, 5) is 12.6. The number of piperidine rings is 1. The van der Waals surface area contributed by atoms with Crippen molar-refractivity contribution in [3.63, 3.8) is 0 Å². The smallest absolute Gasteiger partial charge is 0.251 e. The molecule has 0 atom stereocenters. The van der Waals surface area contributed by atoms with Crippen molar-refractivity contribution in [3.8, 4) is 5.75 Å². The molecule has 0 aromatic heterocycles. The minimum Gasteiger partial charge on any atom is -0.496 e. The van der Waals surface area contributed by atoms with Crippen LogP contribution in [0.2, 0.25) is 0 Å². The molecular weight excluding hydrogens is 388 g/mol. The molecule has 1 saturated heterocycles. The molecule has 0 unspecified atom stereocenters. The van der Waals surface area contributed by atoms with E-state index in [1.165, 1.54) is 16.4 Å². The van der Waals surface area contributed by atoms with E-state index in [1.54, 1.807) is 19.2 Å². The van der Waals surface area contributed by atoms with E-state index in [9.17, 15) is 13.2 Å². The predicted molar refractivity (Wildman–Crippen MR) is 113 cm³/mol. The van der Waals surface area contributed by atoms with Crippen molar-refractivity contribution < 1.29 is 17.9 Å². The third kappa shape index (κ3) is 5.16. The third-order valence-corrected chi connectivity index (χ3v) is 7.28. The van der Waals surface area contributed by atoms with Gasteiger partial charge >= 0.3 is 0 Å². The molecule has 3 rings (SSSR count). The van der Waals surface area contributed by atoms with Crippen LogP contribution in [-0.2, 0) is 16.4 Å². The van der Waals surface area contributed by atoms with Crippen molar-refractivity contribution in [1.82, 2.24) is 9.62 Å². The first-order chi connectivity index (χ1) is 13.9. The van der Waals surface area contributed by atoms with Gasteiger partial charge in [-0.1, -0.05) is 25.1 Å². The Morgan fingerprint density at radius 1 is 1.10 bits per heavy atom. The van der Waals surface area contributed by atoms with Crippen molar-refractivity contribution in [2.24, 2.45) is 5.92 Å². The topological polar surface area (TPSA) is 75.7 Å². The monoisotopic (exact) mass is 416 g/mol. The van der Waals surface area contributed by atoms with E-state index < -0.39 is 10.0 Å². The van der Waals surface area contributed by atoms with Crippen molar-refractivity contribution >= 4 is 15.9 Å². The Morgan fingerprint density at radius 3 is 2.41 bits per heavy atom. The summed E-state index contributed by atoms with van der Waals surface area (Å²) in [6.45, 7) is 3.71. The lowest BCUT2D eigenvalue weighted by atomic mass is 10.0. The number of amides is 1. The largest absolute Gasteiger partial charge is 0.496 e. The summed E-state index contributed by atoms with van der Waals surface area (Å²) >= 11 is 0. The van der Waals surface area contributed by atoms with Crippen LogP contribution in [0, 0.1) is 5.92 Å². The quantitative estimate of drug-likeness (QED) is 0.753. The van der Waals surface area contributed by atoms with Crippen LogP contribution in [-0.4, -0.2) is 45.4 Å². The van der Waals surface area contributed by atoms with E-state index in [0.717, 1.165) is 24.2 Å². The Labute approximate surface area is 172 Å². The zero-order valence-corrected chi connectivity index (χ0v) is 17.7. The maximum Gasteiger partial charge on any atom is 0.251 e. The van der Waals surface area contributed by atoms with Gasteiger partial charge in [-0.3, -0.25) is 4.79 Å². The van der Waals surface area contributed by atoms with Crippen LogP contribution in [0.5, 0.6) is 5.75 Å². The van der Waals surface area contributed by atoms with E-state index >= 15 is 0 Å². The molecule has 6 nitrogen and oxygen atoms in total. The molecule has 2 aromatic carbocycles. The molecule has 1 aliphatic heterocycles. The molecule has 1 amide bonds. The summed E-state index contributed by atoms with van der Waals surface area (Å²) in [5.41, 5.74) is 1.46. The summed E-state index contributed by atoms with van der Waals surface area (Å²) in [5, 5.41) is 2.87. The molecule has 0 saturated carbocycles. The number of hydrogen-bond donors (Lipinski definition) is 1. The standard InChI is InChI=1S/C22H28N2O4S/c1-17-12-15-24(16-13-17)29(26,27)20-9-7-19(8-10-20)22(25)23-14-11-18-5-3-4-6-21(18)28-2/h3-10,17H,11-16H2,1-2H3,(H,23,25). The number of para-hydroxylation sites is 1. The van der Waals surface area contributed by atoms with Crippen LogP contribution in [0.25, 0.3) is 0 Å². The number of methoxy groups -OCH3 is 1. The maximum atomic E-state index is 12.8. The van der Waals surface area contributed by atoms with Crippen LogP contribution in [0.3, 0.4) is 0 Å². The fourth-order valence-electron chi connectivity index (χ4n) is 3.47. The van der Waals surface area contributed by atoms with E-state index in [2.05, 4.69) is 12.2 Å². The first-order valence-electron chi connectivity index (χ1n) is 9.92. The second-order valence-corrected chi connectivity index (χ2v) is 9.37. The van der Waals surface area contributed by atoms with Gasteiger partial charge in [-0.2, -0.15) is 4.31 Å². The molecule has 1 N–H and O–H groups in total. The highest BCUT2D eigenvalue weighted by atomic mass is 32.2. The minimum atomic E-state index is -3.50. The fraction of sp³-hybridized carbons (Fsp3) is 0.409. The summed E-state index contributed by atoms with van der Waals surface area (Å²) in [7, 11) is -1.88. The zero-order valence-electron chi connectivity index (χ0n) is 16.9. The number of nitrogens with zero attached hydrogens (tertiary/aromatic N) is 1. The lowest BCUT2D eigenvalue weighted by Gasteiger charge is -2.29. The second-order valence-electron chi connectivity index (χ2n) is 7.43. The number of nitrogens with one attached hydrogen (secondary N) is 1. The number of hydrogen-bond acceptors (Lipinski definition) is 4. The number of carbonyl (C=O) groups excluding carboxylic acids is 1. The fourth-order valence-corrected chi connectivity index (χ4v) is 4.94. The molecule has 0 aliphatic carbocycles. The molecule has 1 heterocycles. The van der Waals surface area contributed by atoms with Gasteiger partial charge < -0.3 is 10.1 Å². The first kappa shape index (κ1) is 21.3. The lowest BCUT2D eigenvalue weighted by molar-refractivity contribution is 0.0954. The normalized spacial score (nSPS) is 15.8. The number of ether oxygens (including phenoxy) is 1. The summed E-state index contributed by atoms with van der Waals surface area (Å²) in [6.07, 6.45) is 2.41. The van der Waals surface area contributed by atoms with Gasteiger partial charge in [-0.05, 0) is 61.1 Å². The summed E-state index contributed by atoms with van der Waals surface area (Å²) in [6, 6.07) is 13.9. The highest BCUT2D eigenvalue weighted by Crippen LogP contribution is 2.23. The Bertz CT molecular complexity index is 934. The van der Waals surface area contributed by atoms with Crippen molar-refractivity contribution in [2.75, 3.05) is 26.7 Å². The summed E-state index contributed by atoms with van der Waals surface area (Å²) < 4.78 is 32.4. The molecule has 2 aromatic rings. The Kier molecular flexibility index (Phi) is 6.92. The van der Waals surface area contributed by atoms with E-state index in [1.807, 2.05) is 24.3 Å². The van der Waals surface area contributed by atoms with Gasteiger partial charge in [0.15, 0.2) is 0 Å². The Morgan fingerprint density at radius 2 is 1.76 bits per heavy atom. The zero-order chi connectivity index (χ0) is 20.9. The van der Waals surface area contributed by atoms with Crippen LogP contribution in [0.1, 0.15) is 35.7 Å². The van der Waals surface area contributed by atoms with Gasteiger partial charge in [0, 0.05) is 25.2 Å². The molecule has 7 heteroatoms. The van der Waals surface area contributed by atoms with Crippen molar-refractivity contribution in [1.29, 1.82) is 0 Å². The predicted octanol–water partition coefficient (Wildman–Crippen LogP) is 3.09. The van der Waals surface area contributed by atoms with Gasteiger partial charge in [0.05, 0.1) is 12.0 Å². The third-order valence-electron chi connectivity index (χ3n) is 5.37. The number of carbonyl (C=O) groups is 1. The number of rotatable bonds is 7. The van der Waals surface area contributed by atoms with Crippen LogP contribution in [0.4, 0.5) is 0 Å². The first-order valence-corrected chi connectivity index (χ1v) is 11.4. The lowest BCUT2D eigenvalue weighted by Crippen LogP contribution is -2.37. The highest BCUT2D eigenvalue weighted by molar-refractivity contribution is 7.89. The number of benzene rings is 2. The Balaban J connectivity index is 1.58. The number of sulfonamides is 1. The Hall–Kier alpha value is -2.38. The molecule has 1 fully saturated rings. The van der Waals surface area contributed by atoms with Crippen LogP contribution < -0.4 is 10.1 Å². The minimum absolute atomic E-state index is 0.226. The van der Waals surface area contributed by atoms with Gasteiger partial charge in [-0.25, -0.2) is 8.42 Å². The molecule has 156 valence electrons. The molecule has 0 spiro atoms.